The zero-order chi connectivity index (χ0) is 12.6. The van der Waals surface area contributed by atoms with Crippen LogP contribution in [0.5, 0.6) is 0 Å². The maximum Gasteiger partial charge on any atom is 0.258 e. The summed E-state index contributed by atoms with van der Waals surface area (Å²) < 4.78 is 1.64. The highest BCUT2D eigenvalue weighted by Crippen LogP contribution is 2.23. The maximum atomic E-state index is 12.3. The minimum absolute atomic E-state index is 0.0554. The average molecular weight is 257 g/mol. The molecular weight excluding hydrogens is 240 g/mol. The zero-order valence-electron chi connectivity index (χ0n) is 10.1. The van der Waals surface area contributed by atoms with Gasteiger partial charge in [0.2, 0.25) is 0 Å². The minimum atomic E-state index is -0.0554. The van der Waals surface area contributed by atoms with Crippen LogP contribution in [0.1, 0.15) is 29.4 Å². The fourth-order valence-corrected chi connectivity index (χ4v) is 2.51. The first-order valence-electron chi connectivity index (χ1n) is 5.82. The molecule has 1 atom stereocenters. The molecule has 1 aromatic heterocycles. The number of aromatic nitrogens is 2. The van der Waals surface area contributed by atoms with Gasteiger partial charge in [-0.05, 0) is 20.3 Å². The van der Waals surface area contributed by atoms with Crippen molar-refractivity contribution in [2.75, 3.05) is 13.1 Å². The van der Waals surface area contributed by atoms with E-state index in [0.717, 1.165) is 6.42 Å². The van der Waals surface area contributed by atoms with E-state index in [0.29, 0.717) is 36.0 Å². The molecule has 1 aliphatic heterocycles. The van der Waals surface area contributed by atoms with E-state index in [1.165, 1.54) is 0 Å². The Morgan fingerprint density at radius 1 is 1.65 bits per heavy atom. The van der Waals surface area contributed by atoms with E-state index in [1.807, 2.05) is 6.92 Å². The Balaban J connectivity index is 2.28. The number of likely N-dealkylation sites (tertiary alicyclic amines) is 1. The molecule has 2 N–H and O–H groups in total. The van der Waals surface area contributed by atoms with Crippen LogP contribution in [0.2, 0.25) is 5.15 Å². The predicted octanol–water partition coefficient (Wildman–Crippen LogP) is 1.04. The first-order valence-corrected chi connectivity index (χ1v) is 6.20. The summed E-state index contributed by atoms with van der Waals surface area (Å²) in [6.45, 7) is 5.71. The Hall–Kier alpha value is -1.07. The van der Waals surface area contributed by atoms with Crippen molar-refractivity contribution >= 4 is 17.5 Å². The van der Waals surface area contributed by atoms with E-state index >= 15 is 0 Å². The SMILES string of the molecule is CCn1nc(C)c(C(=O)N2CC[C@@H](N)C2)c1Cl. The third kappa shape index (κ3) is 2.17. The molecule has 1 saturated heterocycles. The first-order chi connectivity index (χ1) is 8.04. The van der Waals surface area contributed by atoms with Crippen LogP contribution in [-0.2, 0) is 6.54 Å². The normalized spacial score (nSPS) is 20.0. The number of carbonyl (C=O) groups is 1. The van der Waals surface area contributed by atoms with Crippen molar-refractivity contribution in [2.45, 2.75) is 32.9 Å². The lowest BCUT2D eigenvalue weighted by atomic mass is 10.2. The molecule has 1 aromatic rings. The van der Waals surface area contributed by atoms with Gasteiger partial charge in [-0.25, -0.2) is 0 Å². The number of hydrogen-bond donors (Lipinski definition) is 1. The van der Waals surface area contributed by atoms with Gasteiger partial charge in [0, 0.05) is 25.7 Å². The summed E-state index contributed by atoms with van der Waals surface area (Å²) in [5.41, 5.74) is 7.00. The molecule has 2 rings (SSSR count). The van der Waals surface area contributed by atoms with Crippen LogP contribution in [0.4, 0.5) is 0 Å². The van der Waals surface area contributed by atoms with Crippen molar-refractivity contribution < 1.29 is 4.79 Å². The molecule has 0 aromatic carbocycles. The summed E-state index contributed by atoms with van der Waals surface area (Å²) in [4.78, 5) is 14.0. The van der Waals surface area contributed by atoms with Gasteiger partial charge >= 0.3 is 0 Å². The second-order valence-electron chi connectivity index (χ2n) is 4.37. The number of carbonyl (C=O) groups excluding carboxylic acids is 1. The second-order valence-corrected chi connectivity index (χ2v) is 4.72. The van der Waals surface area contributed by atoms with Gasteiger partial charge in [-0.2, -0.15) is 5.10 Å². The maximum absolute atomic E-state index is 12.3. The van der Waals surface area contributed by atoms with Crippen molar-refractivity contribution in [2.24, 2.45) is 5.73 Å². The van der Waals surface area contributed by atoms with Gasteiger partial charge in [0.05, 0.1) is 11.3 Å². The monoisotopic (exact) mass is 256 g/mol. The topological polar surface area (TPSA) is 64.2 Å². The van der Waals surface area contributed by atoms with Crippen LogP contribution in [0, 0.1) is 6.92 Å². The van der Waals surface area contributed by atoms with E-state index in [-0.39, 0.29) is 11.9 Å². The van der Waals surface area contributed by atoms with E-state index in [9.17, 15) is 4.79 Å². The molecule has 0 unspecified atom stereocenters. The average Bonchev–Trinajstić information content (AvgIpc) is 2.83. The quantitative estimate of drug-likeness (QED) is 0.860. The van der Waals surface area contributed by atoms with Gasteiger partial charge in [-0.3, -0.25) is 9.48 Å². The highest BCUT2D eigenvalue weighted by Gasteiger charge is 2.29. The first kappa shape index (κ1) is 12.4. The number of amides is 1. The largest absolute Gasteiger partial charge is 0.337 e. The molecule has 2 heterocycles. The standard InChI is InChI=1S/C11H17ClN4O/c1-3-16-10(12)9(7(2)14-16)11(17)15-5-4-8(13)6-15/h8H,3-6,13H2,1-2H3/t8-/m1/s1. The molecule has 5 nitrogen and oxygen atoms in total. The summed E-state index contributed by atoms with van der Waals surface area (Å²) in [5.74, 6) is -0.0554. The number of rotatable bonds is 2. The predicted molar refractivity (Wildman–Crippen MR) is 66.1 cm³/mol. The fraction of sp³-hybridized carbons (Fsp3) is 0.636. The van der Waals surface area contributed by atoms with Crippen LogP contribution in [0.25, 0.3) is 0 Å². The van der Waals surface area contributed by atoms with Crippen molar-refractivity contribution in [3.05, 3.63) is 16.4 Å². The van der Waals surface area contributed by atoms with Crippen LogP contribution >= 0.6 is 11.6 Å². The van der Waals surface area contributed by atoms with E-state index in [2.05, 4.69) is 5.10 Å². The number of hydrogen-bond acceptors (Lipinski definition) is 3. The number of halogens is 1. The van der Waals surface area contributed by atoms with Crippen LogP contribution in [0.3, 0.4) is 0 Å². The summed E-state index contributed by atoms with van der Waals surface area (Å²) in [6.07, 6.45) is 0.852. The van der Waals surface area contributed by atoms with Gasteiger partial charge in [0.25, 0.3) is 5.91 Å². The third-order valence-electron chi connectivity index (χ3n) is 3.09. The molecule has 0 spiro atoms. The third-order valence-corrected chi connectivity index (χ3v) is 3.47. The lowest BCUT2D eigenvalue weighted by molar-refractivity contribution is 0.0790. The van der Waals surface area contributed by atoms with Crippen LogP contribution in [0.15, 0.2) is 0 Å². The highest BCUT2D eigenvalue weighted by molar-refractivity contribution is 6.33. The molecule has 0 radical (unpaired) electrons. The van der Waals surface area contributed by atoms with Gasteiger partial charge in [-0.1, -0.05) is 11.6 Å². The highest BCUT2D eigenvalue weighted by atomic mass is 35.5. The lowest BCUT2D eigenvalue weighted by Crippen LogP contribution is -2.32. The molecule has 0 saturated carbocycles. The van der Waals surface area contributed by atoms with Crippen molar-refractivity contribution in [1.29, 1.82) is 0 Å². The zero-order valence-corrected chi connectivity index (χ0v) is 10.9. The Kier molecular flexibility index (Phi) is 3.40. The fourth-order valence-electron chi connectivity index (χ4n) is 2.14. The van der Waals surface area contributed by atoms with E-state index in [4.69, 9.17) is 17.3 Å². The van der Waals surface area contributed by atoms with E-state index < -0.39 is 0 Å². The number of nitrogens with two attached hydrogens (primary N) is 1. The summed E-state index contributed by atoms with van der Waals surface area (Å²) >= 11 is 6.16. The molecule has 1 amide bonds. The number of nitrogens with zero attached hydrogens (tertiary/aromatic N) is 3. The summed E-state index contributed by atoms with van der Waals surface area (Å²) in [6, 6.07) is 0.0826. The smallest absolute Gasteiger partial charge is 0.258 e. The van der Waals surface area contributed by atoms with Crippen molar-refractivity contribution in [3.8, 4) is 0 Å². The second kappa shape index (κ2) is 4.66. The van der Waals surface area contributed by atoms with Gasteiger partial charge < -0.3 is 10.6 Å². The summed E-state index contributed by atoms with van der Waals surface area (Å²) in [7, 11) is 0. The van der Waals surface area contributed by atoms with Gasteiger partial charge in [0.15, 0.2) is 0 Å². The van der Waals surface area contributed by atoms with Crippen LogP contribution in [-0.4, -0.2) is 39.7 Å². The Morgan fingerprint density at radius 2 is 2.35 bits per heavy atom. The van der Waals surface area contributed by atoms with Gasteiger partial charge in [0.1, 0.15) is 5.15 Å². The Morgan fingerprint density at radius 3 is 2.82 bits per heavy atom. The minimum Gasteiger partial charge on any atom is -0.337 e. The summed E-state index contributed by atoms with van der Waals surface area (Å²) in [5, 5.41) is 4.67. The molecule has 0 aliphatic carbocycles. The lowest BCUT2D eigenvalue weighted by Gasteiger charge is -2.15. The Labute approximate surface area is 106 Å². The molecule has 17 heavy (non-hydrogen) atoms. The Bertz CT molecular complexity index is 443. The molecule has 1 fully saturated rings. The van der Waals surface area contributed by atoms with Crippen molar-refractivity contribution in [1.82, 2.24) is 14.7 Å². The number of aryl methyl sites for hydroxylation is 2. The molecule has 6 heteroatoms. The van der Waals surface area contributed by atoms with Crippen LogP contribution < -0.4 is 5.73 Å². The molecular formula is C11H17ClN4O. The molecule has 0 bridgehead atoms. The van der Waals surface area contributed by atoms with E-state index in [1.54, 1.807) is 16.5 Å². The van der Waals surface area contributed by atoms with Crippen molar-refractivity contribution in [3.63, 3.8) is 0 Å². The molecule has 94 valence electrons. The molecule has 1 aliphatic rings. The van der Waals surface area contributed by atoms with Gasteiger partial charge in [-0.15, -0.1) is 0 Å².